The fourth-order valence-corrected chi connectivity index (χ4v) is 3.13. The summed E-state index contributed by atoms with van der Waals surface area (Å²) < 4.78 is 25.7. The fraction of sp³-hybridized carbons (Fsp3) is 0.417. The van der Waals surface area contributed by atoms with Crippen LogP contribution >= 0.6 is 0 Å². The van der Waals surface area contributed by atoms with Gasteiger partial charge in [-0.25, -0.2) is 8.42 Å². The predicted octanol–water partition coefficient (Wildman–Crippen LogP) is -0.380. The Labute approximate surface area is 117 Å². The third-order valence-electron chi connectivity index (χ3n) is 2.49. The van der Waals surface area contributed by atoms with Crippen LogP contribution in [0.4, 0.5) is 5.69 Å². The zero-order chi connectivity index (χ0) is 15.2. The van der Waals surface area contributed by atoms with E-state index in [1.807, 2.05) is 0 Å². The van der Waals surface area contributed by atoms with Crippen LogP contribution in [-0.4, -0.2) is 55.1 Å². The van der Waals surface area contributed by atoms with Gasteiger partial charge in [-0.05, 0) is 18.2 Å². The molecule has 0 bridgehead atoms. The Hall–Kier alpha value is -1.48. The zero-order valence-electron chi connectivity index (χ0n) is 11.1. The summed E-state index contributed by atoms with van der Waals surface area (Å²) in [6, 6.07) is 5.80. The molecule has 0 radical (unpaired) electrons. The van der Waals surface area contributed by atoms with Crippen LogP contribution in [0.5, 0.6) is 0 Å². The van der Waals surface area contributed by atoms with E-state index < -0.39 is 10.0 Å². The summed E-state index contributed by atoms with van der Waals surface area (Å²) in [4.78, 5) is 11.0. The van der Waals surface area contributed by atoms with Crippen LogP contribution in [0, 0.1) is 0 Å². The number of rotatable bonds is 7. The molecule has 0 aromatic heterocycles. The van der Waals surface area contributed by atoms with E-state index in [1.165, 1.54) is 25.1 Å². The summed E-state index contributed by atoms with van der Waals surface area (Å²) in [5.41, 5.74) is 0.367. The van der Waals surface area contributed by atoms with E-state index in [0.717, 1.165) is 4.31 Å². The van der Waals surface area contributed by atoms with Crippen LogP contribution in [0.3, 0.4) is 0 Å². The number of sulfonamides is 1. The number of nitrogens with one attached hydrogen (secondary N) is 1. The van der Waals surface area contributed by atoms with Crippen molar-refractivity contribution in [2.24, 2.45) is 0 Å². The largest absolute Gasteiger partial charge is 0.395 e. The van der Waals surface area contributed by atoms with E-state index in [2.05, 4.69) is 5.32 Å². The van der Waals surface area contributed by atoms with Crippen LogP contribution < -0.4 is 5.32 Å². The molecule has 0 aliphatic heterocycles. The average molecular weight is 302 g/mol. The van der Waals surface area contributed by atoms with Crippen molar-refractivity contribution in [3.63, 3.8) is 0 Å². The number of aliphatic hydroxyl groups is 2. The zero-order valence-corrected chi connectivity index (χ0v) is 11.9. The van der Waals surface area contributed by atoms with Gasteiger partial charge in [0.05, 0.1) is 18.1 Å². The molecule has 0 atom stereocenters. The van der Waals surface area contributed by atoms with Gasteiger partial charge >= 0.3 is 0 Å². The molecule has 1 aromatic rings. The highest BCUT2D eigenvalue weighted by atomic mass is 32.2. The minimum Gasteiger partial charge on any atom is -0.395 e. The van der Waals surface area contributed by atoms with Crippen LogP contribution in [0.25, 0.3) is 0 Å². The Morgan fingerprint density at radius 3 is 2.35 bits per heavy atom. The van der Waals surface area contributed by atoms with E-state index >= 15 is 0 Å². The number of carbonyl (C=O) groups excluding carboxylic acids is 1. The normalized spacial score (nSPS) is 11.6. The second-order valence-corrected chi connectivity index (χ2v) is 6.00. The van der Waals surface area contributed by atoms with Gasteiger partial charge in [-0.3, -0.25) is 4.79 Å². The highest BCUT2D eigenvalue weighted by molar-refractivity contribution is 7.89. The van der Waals surface area contributed by atoms with Crippen LogP contribution in [0.2, 0.25) is 0 Å². The molecule has 0 saturated heterocycles. The maximum Gasteiger partial charge on any atom is 0.243 e. The van der Waals surface area contributed by atoms with Crippen molar-refractivity contribution in [1.29, 1.82) is 0 Å². The van der Waals surface area contributed by atoms with Gasteiger partial charge in [0, 0.05) is 25.7 Å². The van der Waals surface area contributed by atoms with Gasteiger partial charge in [-0.15, -0.1) is 0 Å². The number of hydrogen-bond acceptors (Lipinski definition) is 5. The monoisotopic (exact) mass is 302 g/mol. The number of benzene rings is 1. The second-order valence-electron chi connectivity index (χ2n) is 4.06. The Bertz CT molecular complexity index is 553. The van der Waals surface area contributed by atoms with Gasteiger partial charge in [0.2, 0.25) is 15.9 Å². The third kappa shape index (κ3) is 4.27. The van der Waals surface area contributed by atoms with Gasteiger partial charge in [0.1, 0.15) is 0 Å². The molecule has 20 heavy (non-hydrogen) atoms. The SMILES string of the molecule is CC(=O)Nc1cccc(S(=O)(=O)N(CCO)CCO)c1. The van der Waals surface area contributed by atoms with Gasteiger partial charge in [0.15, 0.2) is 0 Å². The van der Waals surface area contributed by atoms with Crippen molar-refractivity contribution in [2.45, 2.75) is 11.8 Å². The van der Waals surface area contributed by atoms with E-state index in [4.69, 9.17) is 10.2 Å². The van der Waals surface area contributed by atoms with E-state index in [-0.39, 0.29) is 37.1 Å². The molecule has 0 heterocycles. The number of anilines is 1. The molecule has 0 fully saturated rings. The second kappa shape index (κ2) is 7.34. The third-order valence-corrected chi connectivity index (χ3v) is 4.39. The molecular formula is C12H18N2O5S. The van der Waals surface area contributed by atoms with Crippen molar-refractivity contribution in [3.05, 3.63) is 24.3 Å². The molecule has 0 aliphatic carbocycles. The molecule has 8 heteroatoms. The van der Waals surface area contributed by atoms with Crippen molar-refractivity contribution in [1.82, 2.24) is 4.31 Å². The summed E-state index contributed by atoms with van der Waals surface area (Å²) in [6.07, 6.45) is 0. The van der Waals surface area contributed by atoms with Crippen molar-refractivity contribution >= 4 is 21.6 Å². The Balaban J connectivity index is 3.09. The maximum absolute atomic E-state index is 12.3. The lowest BCUT2D eigenvalue weighted by Gasteiger charge is -2.20. The Morgan fingerprint density at radius 2 is 1.85 bits per heavy atom. The van der Waals surface area contributed by atoms with Crippen LogP contribution in [-0.2, 0) is 14.8 Å². The van der Waals surface area contributed by atoms with Crippen LogP contribution in [0.1, 0.15) is 6.92 Å². The summed E-state index contributed by atoms with van der Waals surface area (Å²) in [7, 11) is -3.82. The Morgan fingerprint density at radius 1 is 1.25 bits per heavy atom. The number of hydrogen-bond donors (Lipinski definition) is 3. The minimum atomic E-state index is -3.82. The molecule has 112 valence electrons. The molecular weight excluding hydrogens is 284 g/mol. The van der Waals surface area contributed by atoms with Gasteiger partial charge in [0.25, 0.3) is 0 Å². The summed E-state index contributed by atoms with van der Waals surface area (Å²) >= 11 is 0. The van der Waals surface area contributed by atoms with Crippen molar-refractivity contribution in [3.8, 4) is 0 Å². The molecule has 1 rings (SSSR count). The molecule has 0 unspecified atom stereocenters. The molecule has 7 nitrogen and oxygen atoms in total. The Kier molecular flexibility index (Phi) is 6.08. The smallest absolute Gasteiger partial charge is 0.243 e. The summed E-state index contributed by atoms with van der Waals surface area (Å²) in [5.74, 6) is -0.304. The highest BCUT2D eigenvalue weighted by Crippen LogP contribution is 2.19. The fourth-order valence-electron chi connectivity index (χ4n) is 1.66. The first-order chi connectivity index (χ1) is 9.41. The lowest BCUT2D eigenvalue weighted by atomic mass is 10.3. The lowest BCUT2D eigenvalue weighted by Crippen LogP contribution is -2.35. The molecule has 0 saturated carbocycles. The minimum absolute atomic E-state index is 0.00866. The van der Waals surface area contributed by atoms with Gasteiger partial charge < -0.3 is 15.5 Å². The summed E-state index contributed by atoms with van der Waals surface area (Å²) in [6.45, 7) is 0.431. The first-order valence-electron chi connectivity index (χ1n) is 6.01. The highest BCUT2D eigenvalue weighted by Gasteiger charge is 2.23. The average Bonchev–Trinajstić information content (AvgIpc) is 2.38. The summed E-state index contributed by atoms with van der Waals surface area (Å²) in [5, 5.41) is 20.3. The first-order valence-corrected chi connectivity index (χ1v) is 7.45. The topological polar surface area (TPSA) is 107 Å². The lowest BCUT2D eigenvalue weighted by molar-refractivity contribution is -0.114. The number of aliphatic hydroxyl groups excluding tert-OH is 2. The molecule has 1 aromatic carbocycles. The van der Waals surface area contributed by atoms with E-state index in [1.54, 1.807) is 6.07 Å². The van der Waals surface area contributed by atoms with E-state index in [0.29, 0.717) is 5.69 Å². The molecule has 0 spiro atoms. The quantitative estimate of drug-likeness (QED) is 0.636. The van der Waals surface area contributed by atoms with Gasteiger partial charge in [-0.1, -0.05) is 6.07 Å². The first kappa shape index (κ1) is 16.6. The van der Waals surface area contributed by atoms with Gasteiger partial charge in [-0.2, -0.15) is 4.31 Å². The van der Waals surface area contributed by atoms with Crippen molar-refractivity contribution in [2.75, 3.05) is 31.6 Å². The maximum atomic E-state index is 12.3. The molecule has 3 N–H and O–H groups in total. The van der Waals surface area contributed by atoms with Crippen LogP contribution in [0.15, 0.2) is 29.2 Å². The van der Waals surface area contributed by atoms with Crippen molar-refractivity contribution < 1.29 is 23.4 Å². The molecule has 0 aliphatic rings. The number of nitrogens with zero attached hydrogens (tertiary/aromatic N) is 1. The number of amides is 1. The van der Waals surface area contributed by atoms with E-state index in [9.17, 15) is 13.2 Å². The number of carbonyl (C=O) groups is 1. The standard InChI is InChI=1S/C12H18N2O5S/c1-10(17)13-11-3-2-4-12(9-11)20(18,19)14(5-7-15)6-8-16/h2-4,9,15-16H,5-8H2,1H3,(H,13,17). The molecule has 1 amide bonds. The predicted molar refractivity (Wildman–Crippen MR) is 73.7 cm³/mol.